The van der Waals surface area contributed by atoms with Crippen LogP contribution in [0.25, 0.3) is 11.4 Å². The smallest absolute Gasteiger partial charge is 0.233 e. The summed E-state index contributed by atoms with van der Waals surface area (Å²) in [6, 6.07) is 4.18. The molecular formula is C23H34N4O4S. The first-order valence-corrected chi connectivity index (χ1v) is 12.0. The Hall–Kier alpha value is -2.42. The molecule has 1 fully saturated rings. The van der Waals surface area contributed by atoms with Crippen LogP contribution in [0, 0.1) is 0 Å². The number of nitrogens with one attached hydrogen (secondary N) is 1. The Bertz CT molecular complexity index is 900. The van der Waals surface area contributed by atoms with Crippen LogP contribution in [0.5, 0.6) is 17.2 Å². The molecule has 0 radical (unpaired) electrons. The van der Waals surface area contributed by atoms with E-state index < -0.39 is 0 Å². The van der Waals surface area contributed by atoms with Crippen molar-refractivity contribution in [2.45, 2.75) is 75.4 Å². The Morgan fingerprint density at radius 2 is 1.66 bits per heavy atom. The van der Waals surface area contributed by atoms with Gasteiger partial charge in [0.15, 0.2) is 22.5 Å². The molecule has 1 aliphatic carbocycles. The van der Waals surface area contributed by atoms with Crippen molar-refractivity contribution in [3.63, 3.8) is 0 Å². The maximum Gasteiger partial charge on any atom is 0.233 e. The number of aromatic nitrogens is 3. The van der Waals surface area contributed by atoms with Crippen LogP contribution in [0.4, 0.5) is 0 Å². The van der Waals surface area contributed by atoms with Crippen LogP contribution in [0.1, 0.15) is 58.9 Å². The van der Waals surface area contributed by atoms with Gasteiger partial charge in [0.2, 0.25) is 11.7 Å². The fourth-order valence-corrected chi connectivity index (χ4v) is 4.97. The lowest BCUT2D eigenvalue weighted by molar-refractivity contribution is -0.120. The van der Waals surface area contributed by atoms with Gasteiger partial charge in [0, 0.05) is 17.6 Å². The van der Waals surface area contributed by atoms with E-state index in [0.717, 1.165) is 29.4 Å². The number of hydrogen-bond acceptors (Lipinski definition) is 7. The molecule has 1 aliphatic rings. The highest BCUT2D eigenvalue weighted by Gasteiger charge is 2.28. The zero-order valence-electron chi connectivity index (χ0n) is 19.8. The average molecular weight is 463 g/mol. The highest BCUT2D eigenvalue weighted by Crippen LogP contribution is 2.43. The van der Waals surface area contributed by atoms with Crippen molar-refractivity contribution >= 4 is 17.7 Å². The molecule has 3 rings (SSSR count). The van der Waals surface area contributed by atoms with Gasteiger partial charge in [0.1, 0.15) is 0 Å². The van der Waals surface area contributed by atoms with Gasteiger partial charge in [-0.3, -0.25) is 9.36 Å². The van der Waals surface area contributed by atoms with Crippen molar-refractivity contribution in [1.29, 1.82) is 0 Å². The lowest BCUT2D eigenvalue weighted by Gasteiger charge is -2.26. The second-order valence-corrected chi connectivity index (χ2v) is 9.61. The summed E-state index contributed by atoms with van der Waals surface area (Å²) in [6.45, 7) is 5.83. The Morgan fingerprint density at radius 1 is 1.03 bits per heavy atom. The van der Waals surface area contributed by atoms with Crippen molar-refractivity contribution in [2.75, 3.05) is 21.3 Å². The first-order valence-electron chi connectivity index (χ1n) is 11.1. The summed E-state index contributed by atoms with van der Waals surface area (Å²) in [7, 11) is 4.79. The molecule has 9 heteroatoms. The quantitative estimate of drug-likeness (QED) is 0.550. The monoisotopic (exact) mass is 462 g/mol. The molecule has 0 spiro atoms. The minimum atomic E-state index is -0.281. The van der Waals surface area contributed by atoms with Gasteiger partial charge >= 0.3 is 0 Å². The zero-order chi connectivity index (χ0) is 23.3. The first-order chi connectivity index (χ1) is 15.4. The van der Waals surface area contributed by atoms with Crippen molar-refractivity contribution in [1.82, 2.24) is 20.1 Å². The van der Waals surface area contributed by atoms with Gasteiger partial charge in [0.25, 0.3) is 0 Å². The fourth-order valence-electron chi connectivity index (χ4n) is 4.05. The molecule has 1 heterocycles. The first kappa shape index (κ1) is 24.2. The minimum Gasteiger partial charge on any atom is -0.493 e. The maximum absolute atomic E-state index is 12.5. The van der Waals surface area contributed by atoms with Crippen LogP contribution in [0.3, 0.4) is 0 Å². The van der Waals surface area contributed by atoms with Crippen LogP contribution in [0.15, 0.2) is 17.3 Å². The molecular weight excluding hydrogens is 428 g/mol. The van der Waals surface area contributed by atoms with Gasteiger partial charge in [-0.15, -0.1) is 10.2 Å². The molecule has 1 atom stereocenters. The summed E-state index contributed by atoms with van der Waals surface area (Å²) < 4.78 is 18.8. The topological polar surface area (TPSA) is 87.5 Å². The number of thioether (sulfide) groups is 1. The molecule has 1 saturated carbocycles. The maximum atomic E-state index is 12.5. The molecule has 176 valence electrons. The number of benzene rings is 1. The van der Waals surface area contributed by atoms with Gasteiger partial charge in [0.05, 0.1) is 26.6 Å². The van der Waals surface area contributed by atoms with Crippen LogP contribution in [-0.4, -0.2) is 53.3 Å². The molecule has 1 unspecified atom stereocenters. The lowest BCUT2D eigenvalue weighted by Crippen LogP contribution is -2.36. The Labute approximate surface area is 194 Å². The van der Waals surface area contributed by atoms with Crippen molar-refractivity contribution in [3.05, 3.63) is 12.1 Å². The van der Waals surface area contributed by atoms with E-state index in [1.165, 1.54) is 31.0 Å². The van der Waals surface area contributed by atoms with E-state index in [1.54, 1.807) is 21.3 Å². The number of hydrogen-bond donors (Lipinski definition) is 1. The van der Waals surface area contributed by atoms with Crippen molar-refractivity contribution in [2.24, 2.45) is 0 Å². The van der Waals surface area contributed by atoms with E-state index in [1.807, 2.05) is 32.9 Å². The number of ether oxygens (including phenoxy) is 3. The third-order valence-corrected chi connectivity index (χ3v) is 6.67. The number of amides is 1. The molecule has 0 bridgehead atoms. The molecule has 0 saturated heterocycles. The van der Waals surface area contributed by atoms with E-state index in [4.69, 9.17) is 14.2 Å². The lowest BCUT2D eigenvalue weighted by atomic mass is 9.95. The summed E-state index contributed by atoms with van der Waals surface area (Å²) in [5.74, 6) is 2.42. The SMILES string of the molecule is COc1cc(-c2nnc(SC(C)C(=O)NC(C)C)n2C2CCCCC2)cc(OC)c1OC. The van der Waals surface area contributed by atoms with Crippen molar-refractivity contribution in [3.8, 4) is 28.6 Å². The van der Waals surface area contributed by atoms with Crippen LogP contribution in [0.2, 0.25) is 0 Å². The van der Waals surface area contributed by atoms with E-state index in [0.29, 0.717) is 17.2 Å². The molecule has 8 nitrogen and oxygen atoms in total. The molecule has 1 N–H and O–H groups in total. The standard InChI is InChI=1S/C23H34N4O4S/c1-14(2)24-22(28)15(3)32-23-26-25-21(27(23)17-10-8-7-9-11-17)16-12-18(29-4)20(31-6)19(13-16)30-5/h12-15,17H,7-11H2,1-6H3,(H,24,28). The van der Waals surface area contributed by atoms with E-state index in [-0.39, 0.29) is 23.2 Å². The number of carbonyl (C=O) groups excluding carboxylic acids is 1. The van der Waals surface area contributed by atoms with Gasteiger partial charge < -0.3 is 19.5 Å². The highest BCUT2D eigenvalue weighted by molar-refractivity contribution is 8.00. The molecule has 2 aromatic rings. The second-order valence-electron chi connectivity index (χ2n) is 8.31. The fraction of sp³-hybridized carbons (Fsp3) is 0.609. The van der Waals surface area contributed by atoms with Gasteiger partial charge in [-0.25, -0.2) is 0 Å². The third-order valence-electron chi connectivity index (χ3n) is 5.61. The number of carbonyl (C=O) groups is 1. The van der Waals surface area contributed by atoms with E-state index in [2.05, 4.69) is 20.1 Å². The minimum absolute atomic E-state index is 0.00229. The molecule has 32 heavy (non-hydrogen) atoms. The summed E-state index contributed by atoms with van der Waals surface area (Å²) >= 11 is 1.45. The van der Waals surface area contributed by atoms with Gasteiger partial charge in [-0.1, -0.05) is 31.0 Å². The highest BCUT2D eigenvalue weighted by atomic mass is 32.2. The number of rotatable bonds is 9. The van der Waals surface area contributed by atoms with Crippen LogP contribution in [-0.2, 0) is 4.79 Å². The number of nitrogens with zero attached hydrogens (tertiary/aromatic N) is 3. The Morgan fingerprint density at radius 3 is 2.19 bits per heavy atom. The van der Waals surface area contributed by atoms with E-state index in [9.17, 15) is 4.79 Å². The molecule has 1 aromatic carbocycles. The Balaban J connectivity index is 2.04. The molecule has 1 amide bonds. The second kappa shape index (κ2) is 10.9. The summed E-state index contributed by atoms with van der Waals surface area (Å²) in [4.78, 5) is 12.5. The molecule has 0 aliphatic heterocycles. The summed E-state index contributed by atoms with van der Waals surface area (Å²) in [6.07, 6.45) is 5.72. The summed E-state index contributed by atoms with van der Waals surface area (Å²) in [5.41, 5.74) is 0.837. The normalized spacial score (nSPS) is 15.5. The van der Waals surface area contributed by atoms with Crippen LogP contribution >= 0.6 is 11.8 Å². The third kappa shape index (κ3) is 5.31. The number of methoxy groups -OCH3 is 3. The average Bonchev–Trinajstić information content (AvgIpc) is 3.21. The van der Waals surface area contributed by atoms with Gasteiger partial charge in [-0.05, 0) is 45.7 Å². The predicted octanol–water partition coefficient (Wildman–Crippen LogP) is 4.48. The van der Waals surface area contributed by atoms with Crippen LogP contribution < -0.4 is 19.5 Å². The predicted molar refractivity (Wildman–Crippen MR) is 126 cm³/mol. The van der Waals surface area contributed by atoms with Crippen molar-refractivity contribution < 1.29 is 19.0 Å². The largest absolute Gasteiger partial charge is 0.493 e. The van der Waals surface area contributed by atoms with E-state index >= 15 is 0 Å². The zero-order valence-corrected chi connectivity index (χ0v) is 20.6. The Kier molecular flexibility index (Phi) is 8.28. The molecule has 1 aromatic heterocycles. The van der Waals surface area contributed by atoms with Gasteiger partial charge in [-0.2, -0.15) is 0 Å². The summed E-state index contributed by atoms with van der Waals surface area (Å²) in [5, 5.41) is 12.5.